The van der Waals surface area contributed by atoms with Crippen molar-refractivity contribution in [2.75, 3.05) is 0 Å². The Bertz CT molecular complexity index is 528. The lowest BCUT2D eigenvalue weighted by Gasteiger charge is -2.28. The molecule has 0 aliphatic rings. The van der Waals surface area contributed by atoms with E-state index in [1.54, 1.807) is 0 Å². The second kappa shape index (κ2) is 4.80. The maximum Gasteiger partial charge on any atom is 0.446 e. The molecule has 1 aromatic rings. The lowest BCUT2D eigenvalue weighted by Crippen LogP contribution is -2.21. The summed E-state index contributed by atoms with van der Waals surface area (Å²) in [6.45, 7) is 11.8. The summed E-state index contributed by atoms with van der Waals surface area (Å²) in [4.78, 5) is 0. The summed E-state index contributed by atoms with van der Waals surface area (Å²) in [5.74, 6) is 0.227. The third-order valence-electron chi connectivity index (χ3n) is 2.82. The highest BCUT2D eigenvalue weighted by Crippen LogP contribution is 2.39. The largest absolute Gasteiger partial charge is 0.446 e. The molecule has 0 unspecified atom stereocenters. The number of hydrogen-bond donors (Lipinski definition) is 1. The quantitative estimate of drug-likeness (QED) is 0.846. The van der Waals surface area contributed by atoms with Crippen LogP contribution in [0.2, 0.25) is 0 Å². The van der Waals surface area contributed by atoms with E-state index in [0.29, 0.717) is 0 Å². The first-order chi connectivity index (χ1) is 8.32. The Labute approximate surface area is 115 Å². The van der Waals surface area contributed by atoms with Gasteiger partial charge >= 0.3 is 10.4 Å². The van der Waals surface area contributed by atoms with E-state index < -0.39 is 10.4 Å². The molecule has 0 fully saturated rings. The Balaban J connectivity index is 3.60. The highest BCUT2D eigenvalue weighted by atomic mass is 32.3. The monoisotopic (exact) mass is 286 g/mol. The van der Waals surface area contributed by atoms with E-state index in [2.05, 4.69) is 0 Å². The van der Waals surface area contributed by atoms with Crippen LogP contribution in [0.3, 0.4) is 0 Å². The zero-order valence-corrected chi connectivity index (χ0v) is 13.1. The summed E-state index contributed by atoms with van der Waals surface area (Å²) in [6, 6.07) is 5.50. The third-order valence-corrected chi connectivity index (χ3v) is 3.20. The first-order valence-electron chi connectivity index (χ1n) is 6.13. The molecule has 0 aromatic heterocycles. The number of hydrogen-bond acceptors (Lipinski definition) is 3. The number of benzene rings is 1. The standard InChI is InChI=1S/C14H22O4S/c1-13(2,3)10-8-7-9-11(14(4,5)6)12(10)18-19(15,16)17/h7-9H,1-6H3,(H,15,16,17). The van der Waals surface area contributed by atoms with Gasteiger partial charge in [0.05, 0.1) is 0 Å². The molecular weight excluding hydrogens is 264 g/mol. The van der Waals surface area contributed by atoms with Crippen LogP contribution < -0.4 is 4.18 Å². The molecule has 0 radical (unpaired) electrons. The van der Waals surface area contributed by atoms with Crippen molar-refractivity contribution in [1.29, 1.82) is 0 Å². The van der Waals surface area contributed by atoms with Gasteiger partial charge in [-0.3, -0.25) is 4.55 Å². The summed E-state index contributed by atoms with van der Waals surface area (Å²) in [5, 5.41) is 0. The summed E-state index contributed by atoms with van der Waals surface area (Å²) < 4.78 is 36.0. The minimum absolute atomic E-state index is 0.227. The summed E-state index contributed by atoms with van der Waals surface area (Å²) in [6.07, 6.45) is 0. The van der Waals surface area contributed by atoms with E-state index >= 15 is 0 Å². The predicted octanol–water partition coefficient (Wildman–Crippen LogP) is 3.46. The van der Waals surface area contributed by atoms with E-state index in [4.69, 9.17) is 8.74 Å². The van der Waals surface area contributed by atoms with Gasteiger partial charge < -0.3 is 4.18 Å². The molecule has 0 amide bonds. The molecule has 108 valence electrons. The van der Waals surface area contributed by atoms with Gasteiger partial charge in [-0.05, 0) is 10.8 Å². The molecular formula is C14H22O4S. The molecule has 19 heavy (non-hydrogen) atoms. The summed E-state index contributed by atoms with van der Waals surface area (Å²) >= 11 is 0. The van der Waals surface area contributed by atoms with E-state index in [1.807, 2.05) is 59.7 Å². The fourth-order valence-electron chi connectivity index (χ4n) is 1.91. The fraction of sp³-hybridized carbons (Fsp3) is 0.571. The molecule has 1 rings (SSSR count). The average molecular weight is 286 g/mol. The molecule has 0 heterocycles. The van der Waals surface area contributed by atoms with Crippen molar-refractivity contribution >= 4 is 10.4 Å². The van der Waals surface area contributed by atoms with Gasteiger partial charge in [-0.25, -0.2) is 0 Å². The Kier molecular flexibility index (Phi) is 4.04. The van der Waals surface area contributed by atoms with E-state index in [9.17, 15) is 8.42 Å². The van der Waals surface area contributed by atoms with Gasteiger partial charge in [0.15, 0.2) is 5.75 Å². The van der Waals surface area contributed by atoms with Crippen molar-refractivity contribution in [2.24, 2.45) is 0 Å². The average Bonchev–Trinajstić information content (AvgIpc) is 2.11. The van der Waals surface area contributed by atoms with Crippen molar-refractivity contribution in [1.82, 2.24) is 0 Å². The van der Waals surface area contributed by atoms with E-state index in [-0.39, 0.29) is 16.6 Å². The van der Waals surface area contributed by atoms with Crippen LogP contribution in [0.15, 0.2) is 18.2 Å². The van der Waals surface area contributed by atoms with Crippen LogP contribution in [-0.2, 0) is 21.2 Å². The molecule has 0 aliphatic heterocycles. The third kappa shape index (κ3) is 4.21. The van der Waals surface area contributed by atoms with Gasteiger partial charge in [0.1, 0.15) is 0 Å². The minimum Gasteiger partial charge on any atom is -0.361 e. The topological polar surface area (TPSA) is 63.6 Å². The maximum atomic E-state index is 11.1. The summed E-state index contributed by atoms with van der Waals surface area (Å²) in [5.41, 5.74) is 0.915. The first kappa shape index (κ1) is 16.0. The van der Waals surface area contributed by atoms with Crippen molar-refractivity contribution < 1.29 is 17.2 Å². The molecule has 4 nitrogen and oxygen atoms in total. The van der Waals surface area contributed by atoms with Gasteiger partial charge in [0.25, 0.3) is 0 Å². The Morgan fingerprint density at radius 2 is 1.32 bits per heavy atom. The lowest BCUT2D eigenvalue weighted by atomic mass is 9.80. The molecule has 0 spiro atoms. The van der Waals surface area contributed by atoms with Crippen LogP contribution in [0.25, 0.3) is 0 Å². The van der Waals surface area contributed by atoms with Crippen LogP contribution >= 0.6 is 0 Å². The van der Waals surface area contributed by atoms with E-state index in [0.717, 1.165) is 11.1 Å². The SMILES string of the molecule is CC(C)(C)c1cccc(C(C)(C)C)c1OS(=O)(=O)O. The molecule has 5 heteroatoms. The fourth-order valence-corrected chi connectivity index (χ4v) is 2.30. The Morgan fingerprint density at radius 3 is 1.58 bits per heavy atom. The zero-order chi connectivity index (χ0) is 15.1. The maximum absolute atomic E-state index is 11.1. The highest BCUT2D eigenvalue weighted by molar-refractivity contribution is 7.81. The van der Waals surface area contributed by atoms with Crippen molar-refractivity contribution in [3.8, 4) is 5.75 Å². The van der Waals surface area contributed by atoms with Gasteiger partial charge in [0.2, 0.25) is 0 Å². The first-order valence-corrected chi connectivity index (χ1v) is 7.50. The highest BCUT2D eigenvalue weighted by Gasteiger charge is 2.28. The molecule has 0 bridgehead atoms. The van der Waals surface area contributed by atoms with Crippen LogP contribution in [0.5, 0.6) is 5.75 Å². The zero-order valence-electron chi connectivity index (χ0n) is 12.3. The van der Waals surface area contributed by atoms with Crippen LogP contribution in [0, 0.1) is 0 Å². The lowest BCUT2D eigenvalue weighted by molar-refractivity contribution is 0.375. The van der Waals surface area contributed by atoms with Crippen molar-refractivity contribution in [3.05, 3.63) is 29.3 Å². The normalized spacial score (nSPS) is 13.4. The number of para-hydroxylation sites is 1. The molecule has 1 aromatic carbocycles. The minimum atomic E-state index is -4.54. The Morgan fingerprint density at radius 1 is 0.947 bits per heavy atom. The predicted molar refractivity (Wildman–Crippen MR) is 76.0 cm³/mol. The van der Waals surface area contributed by atoms with Crippen LogP contribution in [0.4, 0.5) is 0 Å². The van der Waals surface area contributed by atoms with Crippen LogP contribution in [-0.4, -0.2) is 13.0 Å². The number of rotatable bonds is 2. The Hall–Kier alpha value is -1.07. The van der Waals surface area contributed by atoms with E-state index in [1.165, 1.54) is 0 Å². The second-order valence-corrected chi connectivity index (χ2v) is 7.72. The van der Waals surface area contributed by atoms with Gasteiger partial charge in [-0.2, -0.15) is 8.42 Å². The molecule has 0 aliphatic carbocycles. The van der Waals surface area contributed by atoms with Crippen molar-refractivity contribution in [3.63, 3.8) is 0 Å². The molecule has 0 saturated carbocycles. The van der Waals surface area contributed by atoms with Gasteiger partial charge in [-0.1, -0.05) is 59.7 Å². The van der Waals surface area contributed by atoms with Gasteiger partial charge in [-0.15, -0.1) is 0 Å². The molecule has 0 saturated heterocycles. The van der Waals surface area contributed by atoms with Crippen molar-refractivity contribution in [2.45, 2.75) is 52.4 Å². The van der Waals surface area contributed by atoms with Crippen LogP contribution in [0.1, 0.15) is 52.7 Å². The molecule has 0 atom stereocenters. The van der Waals surface area contributed by atoms with Gasteiger partial charge in [0, 0.05) is 11.1 Å². The summed E-state index contributed by atoms with van der Waals surface area (Å²) in [7, 11) is -4.54. The second-order valence-electron chi connectivity index (χ2n) is 6.69. The molecule has 1 N–H and O–H groups in total. The smallest absolute Gasteiger partial charge is 0.361 e.